The van der Waals surface area contributed by atoms with Gasteiger partial charge in [-0.1, -0.05) is 25.5 Å². The first-order chi connectivity index (χ1) is 12.7. The molecule has 4 rings (SSSR count). The first-order valence-electron chi connectivity index (χ1n) is 9.14. The zero-order valence-electron chi connectivity index (χ0n) is 16.3. The average Bonchev–Trinajstić information content (AvgIpc) is 2.54. The van der Waals surface area contributed by atoms with Gasteiger partial charge in [-0.15, -0.1) is 0 Å². The van der Waals surface area contributed by atoms with E-state index in [2.05, 4.69) is 65.1 Å². The fourth-order valence-corrected chi connectivity index (χ4v) is 3.78. The molecule has 27 heavy (non-hydrogen) atoms. The van der Waals surface area contributed by atoms with Crippen LogP contribution in [-0.4, -0.2) is 25.7 Å². The summed E-state index contributed by atoms with van der Waals surface area (Å²) in [5, 5.41) is 4.17. The number of carbonyl (C=O) groups is 1. The SMILES string of the molecule is Cc1cc(C)c2nc(Nc3ncc4c(n3)CC(C)(C)CC4=O)nc(C)c2c1. The van der Waals surface area contributed by atoms with Crippen LogP contribution in [-0.2, 0) is 6.42 Å². The molecular formula is C21H23N5O. The number of hydrogen-bond acceptors (Lipinski definition) is 6. The first-order valence-corrected chi connectivity index (χ1v) is 9.14. The van der Waals surface area contributed by atoms with Crippen LogP contribution in [0.25, 0.3) is 10.9 Å². The molecule has 0 atom stereocenters. The van der Waals surface area contributed by atoms with E-state index in [1.807, 2.05) is 6.92 Å². The Kier molecular flexibility index (Phi) is 3.94. The second kappa shape index (κ2) is 6.08. The van der Waals surface area contributed by atoms with E-state index >= 15 is 0 Å². The van der Waals surface area contributed by atoms with Crippen molar-refractivity contribution < 1.29 is 4.79 Å². The minimum Gasteiger partial charge on any atom is -0.294 e. The number of fused-ring (bicyclic) bond motifs is 2. The number of benzene rings is 1. The molecule has 0 unspecified atom stereocenters. The normalized spacial score (nSPS) is 15.7. The minimum atomic E-state index is -0.0826. The lowest BCUT2D eigenvalue weighted by atomic mass is 9.76. The molecule has 6 nitrogen and oxygen atoms in total. The Labute approximate surface area is 158 Å². The van der Waals surface area contributed by atoms with Crippen molar-refractivity contribution in [3.05, 3.63) is 46.4 Å². The third-order valence-corrected chi connectivity index (χ3v) is 5.00. The van der Waals surface area contributed by atoms with Gasteiger partial charge in [-0.05, 0) is 44.2 Å². The molecule has 6 heteroatoms. The van der Waals surface area contributed by atoms with Crippen LogP contribution in [0, 0.1) is 26.2 Å². The molecule has 0 fully saturated rings. The van der Waals surface area contributed by atoms with E-state index in [0.717, 1.165) is 34.3 Å². The van der Waals surface area contributed by atoms with E-state index in [1.54, 1.807) is 6.20 Å². The smallest absolute Gasteiger partial charge is 0.230 e. The van der Waals surface area contributed by atoms with E-state index in [9.17, 15) is 4.79 Å². The van der Waals surface area contributed by atoms with Gasteiger partial charge >= 0.3 is 0 Å². The van der Waals surface area contributed by atoms with Gasteiger partial charge in [0.1, 0.15) is 0 Å². The highest BCUT2D eigenvalue weighted by atomic mass is 16.1. The maximum Gasteiger partial charge on any atom is 0.230 e. The van der Waals surface area contributed by atoms with Crippen LogP contribution in [0.5, 0.6) is 0 Å². The summed E-state index contributed by atoms with van der Waals surface area (Å²) >= 11 is 0. The van der Waals surface area contributed by atoms with Crippen LogP contribution in [0.2, 0.25) is 0 Å². The summed E-state index contributed by atoms with van der Waals surface area (Å²) in [6, 6.07) is 4.21. The largest absolute Gasteiger partial charge is 0.294 e. The molecule has 0 spiro atoms. The van der Waals surface area contributed by atoms with Crippen molar-refractivity contribution >= 4 is 28.6 Å². The standard InChI is InChI=1S/C21H23N5O/c1-11-6-12(2)18-14(7-11)13(3)23-20(25-18)26-19-22-10-15-16(24-19)8-21(4,5)9-17(15)27/h6-7,10H,8-9H2,1-5H3,(H,22,23,24,25,26). The highest BCUT2D eigenvalue weighted by Gasteiger charge is 2.32. The Morgan fingerprint density at radius 2 is 1.78 bits per heavy atom. The van der Waals surface area contributed by atoms with E-state index in [-0.39, 0.29) is 11.2 Å². The fraction of sp³-hybridized carbons (Fsp3) is 0.381. The van der Waals surface area contributed by atoms with Crippen LogP contribution in [0.15, 0.2) is 18.3 Å². The molecule has 0 aliphatic heterocycles. The third kappa shape index (κ3) is 3.27. The van der Waals surface area contributed by atoms with Crippen LogP contribution in [0.3, 0.4) is 0 Å². The molecule has 2 aromatic heterocycles. The number of nitrogens with one attached hydrogen (secondary N) is 1. The Hall–Kier alpha value is -2.89. The van der Waals surface area contributed by atoms with Crippen LogP contribution in [0.1, 0.15) is 53.1 Å². The number of aryl methyl sites for hydroxylation is 3. The lowest BCUT2D eigenvalue weighted by molar-refractivity contribution is 0.0910. The lowest BCUT2D eigenvalue weighted by Crippen LogP contribution is -2.28. The molecule has 1 aliphatic rings. The van der Waals surface area contributed by atoms with E-state index in [1.165, 1.54) is 5.56 Å². The van der Waals surface area contributed by atoms with Gasteiger partial charge in [0.25, 0.3) is 0 Å². The van der Waals surface area contributed by atoms with Crippen molar-refractivity contribution in [3.63, 3.8) is 0 Å². The maximum absolute atomic E-state index is 12.3. The Balaban J connectivity index is 1.72. The molecule has 0 amide bonds. The number of hydrogen-bond donors (Lipinski definition) is 1. The van der Waals surface area contributed by atoms with E-state index in [0.29, 0.717) is 23.9 Å². The number of aromatic nitrogens is 4. The third-order valence-electron chi connectivity index (χ3n) is 5.00. The van der Waals surface area contributed by atoms with E-state index in [4.69, 9.17) is 0 Å². The molecule has 1 N–H and O–H groups in total. The van der Waals surface area contributed by atoms with Gasteiger partial charge < -0.3 is 0 Å². The lowest BCUT2D eigenvalue weighted by Gasteiger charge is -2.29. The Morgan fingerprint density at radius 3 is 2.56 bits per heavy atom. The van der Waals surface area contributed by atoms with Gasteiger partial charge in [0.2, 0.25) is 11.9 Å². The molecule has 0 saturated carbocycles. The highest BCUT2D eigenvalue weighted by Crippen LogP contribution is 2.34. The average molecular weight is 361 g/mol. The van der Waals surface area contributed by atoms with Gasteiger partial charge in [-0.2, -0.15) is 0 Å². The molecule has 0 radical (unpaired) electrons. The monoisotopic (exact) mass is 361 g/mol. The molecule has 1 aromatic carbocycles. The fourth-order valence-electron chi connectivity index (χ4n) is 3.78. The Morgan fingerprint density at radius 1 is 1.00 bits per heavy atom. The first kappa shape index (κ1) is 17.5. The zero-order valence-corrected chi connectivity index (χ0v) is 16.3. The predicted octanol–water partition coefficient (Wildman–Crippen LogP) is 4.24. The Bertz CT molecular complexity index is 1090. The van der Waals surface area contributed by atoms with Crippen molar-refractivity contribution in [2.45, 2.75) is 47.5 Å². The van der Waals surface area contributed by atoms with Crippen molar-refractivity contribution in [2.24, 2.45) is 5.41 Å². The van der Waals surface area contributed by atoms with Gasteiger partial charge in [0.15, 0.2) is 5.78 Å². The molecule has 0 bridgehead atoms. The van der Waals surface area contributed by atoms with Crippen molar-refractivity contribution in [1.82, 2.24) is 19.9 Å². The number of rotatable bonds is 2. The molecule has 0 saturated heterocycles. The zero-order chi connectivity index (χ0) is 19.3. The maximum atomic E-state index is 12.3. The molecule has 138 valence electrons. The molecular weight excluding hydrogens is 338 g/mol. The second-order valence-corrected chi connectivity index (χ2v) is 8.23. The summed E-state index contributed by atoms with van der Waals surface area (Å²) in [4.78, 5) is 30.4. The van der Waals surface area contributed by atoms with Crippen LogP contribution < -0.4 is 5.32 Å². The molecule has 2 heterocycles. The summed E-state index contributed by atoms with van der Waals surface area (Å²) in [6.07, 6.45) is 2.90. The number of anilines is 2. The van der Waals surface area contributed by atoms with Crippen molar-refractivity contribution in [2.75, 3.05) is 5.32 Å². The van der Waals surface area contributed by atoms with Gasteiger partial charge in [0.05, 0.1) is 22.5 Å². The van der Waals surface area contributed by atoms with E-state index < -0.39 is 0 Å². The van der Waals surface area contributed by atoms with Gasteiger partial charge in [-0.25, -0.2) is 19.9 Å². The molecule has 1 aliphatic carbocycles. The number of Topliss-reactive ketones (excluding diaryl/α,β-unsaturated/α-hetero) is 1. The predicted molar refractivity (Wildman–Crippen MR) is 105 cm³/mol. The summed E-state index contributed by atoms with van der Waals surface area (Å²) in [6.45, 7) is 10.3. The summed E-state index contributed by atoms with van der Waals surface area (Å²) < 4.78 is 0. The quantitative estimate of drug-likeness (QED) is 0.735. The van der Waals surface area contributed by atoms with Crippen LogP contribution >= 0.6 is 0 Å². The summed E-state index contributed by atoms with van der Waals surface area (Å²) in [5.41, 5.74) is 5.46. The summed E-state index contributed by atoms with van der Waals surface area (Å²) in [7, 11) is 0. The molecule has 3 aromatic rings. The van der Waals surface area contributed by atoms with Gasteiger partial charge in [-0.3, -0.25) is 10.1 Å². The topological polar surface area (TPSA) is 80.7 Å². The van der Waals surface area contributed by atoms with Crippen LogP contribution in [0.4, 0.5) is 11.9 Å². The number of nitrogens with zero attached hydrogens (tertiary/aromatic N) is 4. The highest BCUT2D eigenvalue weighted by molar-refractivity contribution is 5.98. The van der Waals surface area contributed by atoms with Crippen molar-refractivity contribution in [3.8, 4) is 0 Å². The number of carbonyl (C=O) groups excluding carboxylic acids is 1. The van der Waals surface area contributed by atoms with Gasteiger partial charge in [0, 0.05) is 18.0 Å². The minimum absolute atomic E-state index is 0.0826. The van der Waals surface area contributed by atoms with Crippen molar-refractivity contribution in [1.29, 1.82) is 0 Å². The number of ketones is 1. The second-order valence-electron chi connectivity index (χ2n) is 8.23. The summed E-state index contributed by atoms with van der Waals surface area (Å²) in [5.74, 6) is 0.993.